The number of nitrogens with zero attached hydrogens (tertiary/aromatic N) is 1. The van der Waals surface area contributed by atoms with Crippen LogP contribution in [0.3, 0.4) is 0 Å². The number of methoxy groups -OCH3 is 1. The lowest BCUT2D eigenvalue weighted by Gasteiger charge is -2.34. The van der Waals surface area contributed by atoms with Crippen molar-refractivity contribution in [3.05, 3.63) is 0 Å². The molecule has 0 aromatic rings. The lowest BCUT2D eigenvalue weighted by atomic mass is 10.1. The van der Waals surface area contributed by atoms with Gasteiger partial charge in [0.25, 0.3) is 0 Å². The van der Waals surface area contributed by atoms with E-state index in [1.807, 2.05) is 0 Å². The van der Waals surface area contributed by atoms with E-state index < -0.39 is 0 Å². The smallest absolute Gasteiger partial charge is 0.134 e. The summed E-state index contributed by atoms with van der Waals surface area (Å²) in [7, 11) is 1.71. The van der Waals surface area contributed by atoms with Crippen LogP contribution in [0.5, 0.6) is 0 Å². The van der Waals surface area contributed by atoms with Crippen molar-refractivity contribution in [2.45, 2.75) is 32.5 Å². The van der Waals surface area contributed by atoms with Gasteiger partial charge >= 0.3 is 0 Å². The van der Waals surface area contributed by atoms with E-state index in [9.17, 15) is 0 Å². The Kier molecular flexibility index (Phi) is 3.09. The molecule has 1 rings (SSSR count). The molecule has 12 heavy (non-hydrogen) atoms. The zero-order valence-electron chi connectivity index (χ0n) is 8.46. The maximum atomic E-state index is 5.53. The highest BCUT2D eigenvalue weighted by molar-refractivity contribution is 4.82. The SMILES string of the molecule is COC[C@H]1OCCN1C(C)(C)C. The third-order valence-corrected chi connectivity index (χ3v) is 2.16. The van der Waals surface area contributed by atoms with Gasteiger partial charge in [-0.3, -0.25) is 4.90 Å². The summed E-state index contributed by atoms with van der Waals surface area (Å²) in [4.78, 5) is 2.33. The van der Waals surface area contributed by atoms with Crippen LogP contribution >= 0.6 is 0 Å². The first kappa shape index (κ1) is 9.96. The fraction of sp³-hybridized carbons (Fsp3) is 1.00. The van der Waals surface area contributed by atoms with Crippen LogP contribution in [-0.2, 0) is 9.47 Å². The van der Waals surface area contributed by atoms with Gasteiger partial charge in [-0.05, 0) is 20.8 Å². The van der Waals surface area contributed by atoms with Gasteiger partial charge in [-0.2, -0.15) is 0 Å². The summed E-state index contributed by atoms with van der Waals surface area (Å²) < 4.78 is 10.6. The molecule has 1 aliphatic rings. The van der Waals surface area contributed by atoms with Gasteiger partial charge in [0.1, 0.15) is 6.23 Å². The van der Waals surface area contributed by atoms with Crippen LogP contribution in [0.25, 0.3) is 0 Å². The monoisotopic (exact) mass is 173 g/mol. The highest BCUT2D eigenvalue weighted by atomic mass is 16.5. The van der Waals surface area contributed by atoms with Gasteiger partial charge < -0.3 is 9.47 Å². The molecule has 0 aromatic carbocycles. The molecule has 0 spiro atoms. The van der Waals surface area contributed by atoms with E-state index in [1.54, 1.807) is 7.11 Å². The average molecular weight is 173 g/mol. The summed E-state index contributed by atoms with van der Waals surface area (Å²) in [5, 5.41) is 0. The Hall–Kier alpha value is -0.120. The summed E-state index contributed by atoms with van der Waals surface area (Å²) >= 11 is 0. The van der Waals surface area contributed by atoms with Crippen molar-refractivity contribution >= 4 is 0 Å². The fourth-order valence-corrected chi connectivity index (χ4v) is 1.57. The first-order valence-corrected chi connectivity index (χ1v) is 4.43. The Labute approximate surface area is 74.6 Å². The normalized spacial score (nSPS) is 26.5. The molecule has 0 unspecified atom stereocenters. The van der Waals surface area contributed by atoms with Gasteiger partial charge in [-0.25, -0.2) is 0 Å². The van der Waals surface area contributed by atoms with Crippen LogP contribution in [0, 0.1) is 0 Å². The van der Waals surface area contributed by atoms with Gasteiger partial charge in [0.05, 0.1) is 13.2 Å². The summed E-state index contributed by atoms with van der Waals surface area (Å²) in [6, 6.07) is 0. The Bertz CT molecular complexity index is 142. The zero-order chi connectivity index (χ0) is 9.19. The Balaban J connectivity index is 2.52. The number of hydrogen-bond acceptors (Lipinski definition) is 3. The third-order valence-electron chi connectivity index (χ3n) is 2.16. The maximum absolute atomic E-state index is 5.53. The summed E-state index contributed by atoms with van der Waals surface area (Å²) in [6.07, 6.45) is 0.148. The first-order valence-electron chi connectivity index (χ1n) is 4.43. The van der Waals surface area contributed by atoms with Crippen molar-refractivity contribution in [3.63, 3.8) is 0 Å². The quantitative estimate of drug-likeness (QED) is 0.624. The van der Waals surface area contributed by atoms with E-state index in [0.29, 0.717) is 6.61 Å². The number of ether oxygens (including phenoxy) is 2. The minimum atomic E-state index is 0.148. The van der Waals surface area contributed by atoms with Crippen LogP contribution in [0.4, 0.5) is 0 Å². The zero-order valence-corrected chi connectivity index (χ0v) is 8.46. The Morgan fingerprint density at radius 2 is 2.17 bits per heavy atom. The lowest BCUT2D eigenvalue weighted by molar-refractivity contribution is -0.0539. The molecule has 3 heteroatoms. The van der Waals surface area contributed by atoms with Crippen LogP contribution < -0.4 is 0 Å². The minimum absolute atomic E-state index is 0.148. The molecule has 3 nitrogen and oxygen atoms in total. The second kappa shape index (κ2) is 3.73. The van der Waals surface area contributed by atoms with Crippen molar-refractivity contribution in [2.24, 2.45) is 0 Å². The molecule has 1 fully saturated rings. The van der Waals surface area contributed by atoms with E-state index in [4.69, 9.17) is 9.47 Å². The molecule has 0 radical (unpaired) electrons. The third kappa shape index (κ3) is 2.19. The Morgan fingerprint density at radius 3 is 2.67 bits per heavy atom. The lowest BCUT2D eigenvalue weighted by Crippen LogP contribution is -2.46. The van der Waals surface area contributed by atoms with Crippen molar-refractivity contribution in [1.29, 1.82) is 0 Å². The standard InChI is InChI=1S/C9H19NO2/c1-9(2,3)10-5-6-12-8(10)7-11-4/h8H,5-7H2,1-4H3/t8-/m1/s1. The molecule has 1 saturated heterocycles. The van der Waals surface area contributed by atoms with Crippen LogP contribution in [0.2, 0.25) is 0 Å². The number of rotatable bonds is 2. The van der Waals surface area contributed by atoms with E-state index in [-0.39, 0.29) is 11.8 Å². The topological polar surface area (TPSA) is 21.7 Å². The van der Waals surface area contributed by atoms with Gasteiger partial charge in [0, 0.05) is 19.2 Å². The summed E-state index contributed by atoms with van der Waals surface area (Å²) in [6.45, 7) is 9.10. The van der Waals surface area contributed by atoms with Crippen molar-refractivity contribution in [3.8, 4) is 0 Å². The second-order valence-corrected chi connectivity index (χ2v) is 4.14. The maximum Gasteiger partial charge on any atom is 0.134 e. The molecule has 0 amide bonds. The molecule has 1 atom stereocenters. The highest BCUT2D eigenvalue weighted by Crippen LogP contribution is 2.21. The molecule has 1 aliphatic heterocycles. The van der Waals surface area contributed by atoms with Gasteiger partial charge in [-0.1, -0.05) is 0 Å². The van der Waals surface area contributed by atoms with Gasteiger partial charge in [0.15, 0.2) is 0 Å². The molecule has 0 N–H and O–H groups in total. The molecular weight excluding hydrogens is 154 g/mol. The van der Waals surface area contributed by atoms with Crippen LogP contribution in [0.15, 0.2) is 0 Å². The predicted octanol–water partition coefficient (Wildman–Crippen LogP) is 1.09. The molecule has 1 heterocycles. The molecule has 0 aliphatic carbocycles. The Morgan fingerprint density at radius 1 is 1.50 bits per heavy atom. The molecular formula is C9H19NO2. The van der Waals surface area contributed by atoms with Crippen molar-refractivity contribution < 1.29 is 9.47 Å². The summed E-state index contributed by atoms with van der Waals surface area (Å²) in [5.41, 5.74) is 0.180. The largest absolute Gasteiger partial charge is 0.381 e. The van der Waals surface area contributed by atoms with Crippen molar-refractivity contribution in [1.82, 2.24) is 4.90 Å². The molecule has 0 aromatic heterocycles. The van der Waals surface area contributed by atoms with Crippen LogP contribution in [-0.4, -0.2) is 43.5 Å². The van der Waals surface area contributed by atoms with E-state index in [1.165, 1.54) is 0 Å². The van der Waals surface area contributed by atoms with E-state index in [0.717, 1.165) is 13.2 Å². The van der Waals surface area contributed by atoms with E-state index >= 15 is 0 Å². The fourth-order valence-electron chi connectivity index (χ4n) is 1.57. The van der Waals surface area contributed by atoms with Crippen molar-refractivity contribution in [2.75, 3.05) is 26.9 Å². The predicted molar refractivity (Wildman–Crippen MR) is 48.1 cm³/mol. The minimum Gasteiger partial charge on any atom is -0.381 e. The number of hydrogen-bond donors (Lipinski definition) is 0. The first-order chi connectivity index (χ1) is 5.55. The van der Waals surface area contributed by atoms with Gasteiger partial charge in [-0.15, -0.1) is 0 Å². The highest BCUT2D eigenvalue weighted by Gasteiger charge is 2.33. The second-order valence-electron chi connectivity index (χ2n) is 4.14. The van der Waals surface area contributed by atoms with E-state index in [2.05, 4.69) is 25.7 Å². The molecule has 0 saturated carbocycles. The molecule has 72 valence electrons. The summed E-state index contributed by atoms with van der Waals surface area (Å²) in [5.74, 6) is 0. The van der Waals surface area contributed by atoms with Gasteiger partial charge in [0.2, 0.25) is 0 Å². The molecule has 0 bridgehead atoms. The average Bonchev–Trinajstić information content (AvgIpc) is 2.34. The van der Waals surface area contributed by atoms with Crippen LogP contribution in [0.1, 0.15) is 20.8 Å².